The van der Waals surface area contributed by atoms with Crippen LogP contribution in [-0.4, -0.2) is 110 Å². The van der Waals surface area contributed by atoms with Crippen LogP contribution in [0.25, 0.3) is 10.8 Å². The first kappa shape index (κ1) is 59.4. The number of hydrogen-bond acceptors (Lipinski definition) is 30. The summed E-state index contributed by atoms with van der Waals surface area (Å²) in [5.74, 6) is -3.19. The molecule has 408 valence electrons. The summed E-state index contributed by atoms with van der Waals surface area (Å²) in [7, 11) is -23.0. The Labute approximate surface area is 443 Å². The van der Waals surface area contributed by atoms with Crippen molar-refractivity contribution in [3.05, 3.63) is 84.1 Å². The van der Waals surface area contributed by atoms with Gasteiger partial charge < -0.3 is 21.1 Å². The van der Waals surface area contributed by atoms with Crippen molar-refractivity contribution in [2.24, 2.45) is 20.5 Å². The van der Waals surface area contributed by atoms with Crippen molar-refractivity contribution in [1.82, 2.24) is 15.0 Å². The van der Waals surface area contributed by atoms with Crippen LogP contribution in [0.5, 0.6) is 5.75 Å². The molecule has 76 heavy (non-hydrogen) atoms. The van der Waals surface area contributed by atoms with Crippen LogP contribution in [0.2, 0.25) is 5.28 Å². The number of phenolic OH excluding ortho intramolecular Hbond substituents is 1. The highest BCUT2D eigenvalue weighted by atomic mass is 35.5. The monoisotopic (exact) mass is 1210 g/mol. The normalized spacial score (nSPS) is 12.7. The van der Waals surface area contributed by atoms with Gasteiger partial charge in [0.2, 0.25) is 17.2 Å². The predicted molar refractivity (Wildman–Crippen MR) is 268 cm³/mol. The van der Waals surface area contributed by atoms with E-state index >= 15 is 0 Å². The molecular formula is C37H35ClN10O21S7. The van der Waals surface area contributed by atoms with Crippen LogP contribution in [0, 0.1) is 0 Å². The third-order valence-corrected chi connectivity index (χ3v) is 16.5. The number of aromatic hydroxyl groups is 1. The second-order valence-electron chi connectivity index (χ2n) is 14.6. The number of fused-ring (bicyclic) bond motifs is 1. The molecule has 0 aliphatic carbocycles. The van der Waals surface area contributed by atoms with Crippen LogP contribution in [0.15, 0.2) is 124 Å². The minimum Gasteiger partial charge on any atom is -0.505 e. The Hall–Kier alpha value is -5.89. The van der Waals surface area contributed by atoms with E-state index in [-0.39, 0.29) is 79.2 Å². The van der Waals surface area contributed by atoms with Crippen LogP contribution in [0.1, 0.15) is 13.3 Å². The standard InChI is InChI=1S/C37H35ClN10O21S7/c1-2-14-72(52,53)22-6-3-20(4-7-22)40-36-42-35(38)43-37(44-36)41-21-5-12-30(75(59,60)61)28(16-21)46-48-33-29(70-68-66-50)18-25-24(34(33)49)9-11-27(39-19-74(56,57)58)32(25)47-45-26-10-8-23(17-31(26)76(62,63)64)73(54,55)15-13-65-71-69-67-51/h3-12,16-18,39,49-51H,2,13-15,19H2,1H3,(H,56,57,58)(H,59,60,61)(H,62,63,64)(H2,40,41,42,43,44). The fourth-order valence-electron chi connectivity index (χ4n) is 6.29. The predicted octanol–water partition coefficient (Wildman–Crippen LogP) is 7.84. The average Bonchev–Trinajstić information content (AvgIpc) is 3.34. The molecule has 0 fully saturated rings. The van der Waals surface area contributed by atoms with Crippen LogP contribution >= 0.6 is 36.0 Å². The smallest absolute Gasteiger partial charge is 0.296 e. The van der Waals surface area contributed by atoms with E-state index in [0.29, 0.717) is 18.2 Å². The molecule has 39 heteroatoms. The Morgan fingerprint density at radius 2 is 1.24 bits per heavy atom. The maximum Gasteiger partial charge on any atom is 0.296 e. The fraction of sp³-hybridized carbons (Fsp3) is 0.162. The summed E-state index contributed by atoms with van der Waals surface area (Å²) in [5, 5.41) is 59.0. The number of halogens is 1. The molecule has 0 saturated heterocycles. The first-order valence-electron chi connectivity index (χ1n) is 20.2. The molecule has 6 rings (SSSR count). The number of aromatic nitrogens is 3. The third kappa shape index (κ3) is 15.9. The van der Waals surface area contributed by atoms with E-state index in [1.54, 1.807) is 6.92 Å². The van der Waals surface area contributed by atoms with Crippen molar-refractivity contribution in [3.8, 4) is 5.75 Å². The largest absolute Gasteiger partial charge is 0.505 e. The highest BCUT2D eigenvalue weighted by molar-refractivity contribution is 7.94. The highest BCUT2D eigenvalue weighted by Gasteiger charge is 2.25. The van der Waals surface area contributed by atoms with E-state index in [0.717, 1.165) is 48.5 Å². The summed E-state index contributed by atoms with van der Waals surface area (Å²) in [6.45, 7) is 1.16. The topological polar surface area (TPSA) is 462 Å². The van der Waals surface area contributed by atoms with Gasteiger partial charge in [-0.3, -0.25) is 17.8 Å². The van der Waals surface area contributed by atoms with Crippen molar-refractivity contribution in [2.45, 2.75) is 37.8 Å². The molecule has 0 unspecified atom stereocenters. The molecule has 1 aromatic heterocycles. The average molecular weight is 1220 g/mol. The summed E-state index contributed by atoms with van der Waals surface area (Å²) < 4.78 is 168. The fourth-order valence-corrected chi connectivity index (χ4v) is 11.4. The molecule has 0 bridgehead atoms. The molecule has 0 amide bonds. The van der Waals surface area contributed by atoms with Gasteiger partial charge in [0.1, 0.15) is 38.4 Å². The van der Waals surface area contributed by atoms with Gasteiger partial charge in [-0.25, -0.2) is 27.4 Å². The number of phenols is 1. The van der Waals surface area contributed by atoms with Gasteiger partial charge in [0.05, 0.1) is 50.5 Å². The SMILES string of the molecule is CCCS(=O)(=O)c1ccc(Nc2nc(Cl)nc(Nc3ccc(S(=O)(=O)O)c(N=Nc4c(SOOO)cc5c(N=Nc6ccc(S(=O)(=O)CCOSOOO)cc6S(=O)(=O)O)c(NCS(=O)(=O)O)ccc5c4O)c3)n2)cc1. The lowest BCUT2D eigenvalue weighted by Crippen LogP contribution is -2.13. The molecule has 6 aromatic rings. The molecule has 0 aliphatic heterocycles. The molecule has 5 aromatic carbocycles. The van der Waals surface area contributed by atoms with Gasteiger partial charge in [-0.2, -0.15) is 40.2 Å². The molecule has 31 nitrogen and oxygen atoms in total. The molecule has 0 saturated carbocycles. The zero-order chi connectivity index (χ0) is 55.6. The molecule has 0 spiro atoms. The number of hydrogen-bond donors (Lipinski definition) is 9. The second-order valence-corrected chi connectivity index (χ2v) is 24.7. The zero-order valence-corrected chi connectivity index (χ0v) is 44.2. The first-order valence-corrected chi connectivity index (χ1v) is 29.8. The minimum absolute atomic E-state index is 0.00622. The Balaban J connectivity index is 1.40. The van der Waals surface area contributed by atoms with Gasteiger partial charge in [-0.15, -0.1) is 29.1 Å². The lowest BCUT2D eigenvalue weighted by Gasteiger charge is -2.14. The number of anilines is 5. The molecule has 0 aliphatic rings. The van der Waals surface area contributed by atoms with Gasteiger partial charge in [-0.1, -0.05) is 17.0 Å². The summed E-state index contributed by atoms with van der Waals surface area (Å²) in [5.41, 5.74) is -2.27. The number of nitrogens with zero attached hydrogens (tertiary/aromatic N) is 7. The number of rotatable bonds is 26. The summed E-state index contributed by atoms with van der Waals surface area (Å²) in [4.78, 5) is 9.37. The summed E-state index contributed by atoms with van der Waals surface area (Å²) in [6, 6.07) is 14.4. The van der Waals surface area contributed by atoms with Gasteiger partial charge in [0, 0.05) is 22.1 Å². The number of benzene rings is 5. The molecule has 0 atom stereocenters. The minimum atomic E-state index is -5.30. The summed E-state index contributed by atoms with van der Waals surface area (Å²) >= 11 is 6.37. The molecule has 9 N–H and O–H groups in total. The first-order chi connectivity index (χ1) is 35.7. The van der Waals surface area contributed by atoms with Gasteiger partial charge in [0.25, 0.3) is 30.4 Å². The number of nitrogens with one attached hydrogen (secondary N) is 3. The molecule has 1 heterocycles. The highest BCUT2D eigenvalue weighted by Crippen LogP contribution is 2.49. The third-order valence-electron chi connectivity index (χ3n) is 9.47. The van der Waals surface area contributed by atoms with E-state index in [2.05, 4.69) is 70.1 Å². The molecular weight excluding hydrogens is 1180 g/mol. The van der Waals surface area contributed by atoms with E-state index in [1.165, 1.54) is 24.3 Å². The van der Waals surface area contributed by atoms with E-state index in [9.17, 15) is 60.9 Å². The Morgan fingerprint density at radius 3 is 1.87 bits per heavy atom. The van der Waals surface area contributed by atoms with Crippen molar-refractivity contribution in [2.75, 3.05) is 39.9 Å². The van der Waals surface area contributed by atoms with Crippen LogP contribution < -0.4 is 16.0 Å². The van der Waals surface area contributed by atoms with Crippen molar-refractivity contribution < 1.29 is 94.3 Å². The Bertz CT molecular complexity index is 3790. The number of sulfone groups is 2. The second kappa shape index (κ2) is 25.1. The van der Waals surface area contributed by atoms with Gasteiger partial charge in [-0.05, 0) is 96.9 Å². The zero-order valence-electron chi connectivity index (χ0n) is 37.7. The van der Waals surface area contributed by atoms with Crippen LogP contribution in [-0.2, 0) is 73.0 Å². The summed E-state index contributed by atoms with van der Waals surface area (Å²) in [6.07, 6.45) is 0.413. The van der Waals surface area contributed by atoms with Crippen LogP contribution in [0.3, 0.4) is 0 Å². The lowest BCUT2D eigenvalue weighted by atomic mass is 10.1. The van der Waals surface area contributed by atoms with E-state index < -0.39 is 111 Å². The quantitative estimate of drug-likeness (QED) is 0.00623. The van der Waals surface area contributed by atoms with Gasteiger partial charge >= 0.3 is 0 Å². The Kier molecular flexibility index (Phi) is 19.6. The lowest BCUT2D eigenvalue weighted by molar-refractivity contribution is -0.434. The van der Waals surface area contributed by atoms with Crippen molar-refractivity contribution >= 4 is 148 Å². The van der Waals surface area contributed by atoms with E-state index in [4.69, 9.17) is 26.3 Å². The van der Waals surface area contributed by atoms with Crippen LogP contribution in [0.4, 0.5) is 51.7 Å². The van der Waals surface area contributed by atoms with Crippen molar-refractivity contribution in [3.63, 3.8) is 0 Å². The van der Waals surface area contributed by atoms with Crippen molar-refractivity contribution in [1.29, 1.82) is 0 Å². The maximum absolute atomic E-state index is 13.0. The van der Waals surface area contributed by atoms with E-state index in [1.807, 2.05) is 0 Å². The maximum atomic E-state index is 13.0. The van der Waals surface area contributed by atoms with Gasteiger partial charge in [0.15, 0.2) is 37.7 Å². The molecule has 0 radical (unpaired) electrons. The Morgan fingerprint density at radius 1 is 0.632 bits per heavy atom. The number of azo groups is 2.